The Kier molecular flexibility index (Phi) is 9.25. The van der Waals surface area contributed by atoms with E-state index in [1.807, 2.05) is 10.8 Å². The highest BCUT2D eigenvalue weighted by atomic mass is 32.1. The Morgan fingerprint density at radius 3 is 1.36 bits per heavy atom. The van der Waals surface area contributed by atoms with Crippen LogP contribution in [-0.4, -0.2) is 21.8 Å². The Morgan fingerprint density at radius 2 is 1.00 bits per heavy atom. The second-order valence-electron chi connectivity index (χ2n) is 11.1. The summed E-state index contributed by atoms with van der Waals surface area (Å²) in [6.07, 6.45) is 2.06. The van der Waals surface area contributed by atoms with Crippen LogP contribution < -0.4 is 10.6 Å². The Labute approximate surface area is 254 Å². The van der Waals surface area contributed by atoms with E-state index < -0.39 is 11.8 Å². The molecule has 5 aromatic rings. The van der Waals surface area contributed by atoms with Crippen LogP contribution in [0.25, 0.3) is 22.5 Å². The minimum atomic E-state index is -0.393. The van der Waals surface area contributed by atoms with Crippen molar-refractivity contribution < 1.29 is 9.59 Å². The van der Waals surface area contributed by atoms with Gasteiger partial charge in [0.25, 0.3) is 11.8 Å². The van der Waals surface area contributed by atoms with E-state index >= 15 is 0 Å². The number of nitrogens with one attached hydrogen (secondary N) is 2. The number of carbonyl (C=O) groups is 2. The standard InChI is InChI=1S/C34H34N4O2S2/c1-21(2)17-23-9-13-25(14-10-23)29-19-41-33(35-29)37-31(39)27-7-5-6-8-28(27)32(40)38-34-36-30(20-42-34)26-15-11-24(12-16-26)18-22(3)4/h5-16,19-22H,17-18H2,1-4H3,(H,35,37,39)(H,36,38,40). The summed E-state index contributed by atoms with van der Waals surface area (Å²) in [6, 6.07) is 23.5. The first-order chi connectivity index (χ1) is 20.2. The molecule has 0 aliphatic rings. The Bertz CT molecular complexity index is 1540. The van der Waals surface area contributed by atoms with Crippen LogP contribution in [0.15, 0.2) is 83.6 Å². The van der Waals surface area contributed by atoms with Crippen LogP contribution in [0, 0.1) is 11.8 Å². The van der Waals surface area contributed by atoms with Crippen LogP contribution in [0.3, 0.4) is 0 Å². The molecule has 214 valence electrons. The van der Waals surface area contributed by atoms with Crippen LogP contribution in [0.4, 0.5) is 10.3 Å². The number of aromatic nitrogens is 2. The van der Waals surface area contributed by atoms with Crippen LogP contribution in [-0.2, 0) is 12.8 Å². The van der Waals surface area contributed by atoms with Gasteiger partial charge in [-0.1, -0.05) is 88.4 Å². The highest BCUT2D eigenvalue weighted by Crippen LogP contribution is 2.28. The third-order valence-electron chi connectivity index (χ3n) is 6.65. The zero-order chi connectivity index (χ0) is 29.6. The van der Waals surface area contributed by atoms with Crippen molar-refractivity contribution in [1.82, 2.24) is 9.97 Å². The summed E-state index contributed by atoms with van der Waals surface area (Å²) in [7, 11) is 0. The molecule has 0 aliphatic carbocycles. The summed E-state index contributed by atoms with van der Waals surface area (Å²) in [5.41, 5.74) is 6.69. The molecule has 42 heavy (non-hydrogen) atoms. The number of amides is 2. The van der Waals surface area contributed by atoms with E-state index in [4.69, 9.17) is 0 Å². The summed E-state index contributed by atoms with van der Waals surface area (Å²) in [6.45, 7) is 8.81. The van der Waals surface area contributed by atoms with Crippen molar-refractivity contribution in [2.75, 3.05) is 10.6 Å². The number of anilines is 2. The number of hydrogen-bond acceptors (Lipinski definition) is 6. The molecule has 0 fully saturated rings. The molecular weight excluding hydrogens is 561 g/mol. The van der Waals surface area contributed by atoms with Crippen molar-refractivity contribution in [1.29, 1.82) is 0 Å². The van der Waals surface area contributed by atoms with Crippen LogP contribution in [0.1, 0.15) is 59.5 Å². The molecule has 0 saturated heterocycles. The lowest BCUT2D eigenvalue weighted by molar-refractivity contribution is 0.0990. The van der Waals surface area contributed by atoms with Gasteiger partial charge >= 0.3 is 0 Å². The molecule has 2 heterocycles. The SMILES string of the molecule is CC(C)Cc1ccc(-c2csc(NC(=O)c3ccccc3C(=O)Nc3nc(-c4ccc(CC(C)C)cc4)cs3)n2)cc1. The normalized spacial score (nSPS) is 11.2. The van der Waals surface area contributed by atoms with Gasteiger partial charge in [0.05, 0.1) is 22.5 Å². The van der Waals surface area contributed by atoms with Crippen molar-refractivity contribution in [3.8, 4) is 22.5 Å². The smallest absolute Gasteiger partial charge is 0.258 e. The number of hydrogen-bond donors (Lipinski definition) is 2. The maximum Gasteiger partial charge on any atom is 0.258 e. The van der Waals surface area contributed by atoms with Crippen molar-refractivity contribution in [2.24, 2.45) is 11.8 Å². The Balaban J connectivity index is 1.25. The lowest BCUT2D eigenvalue weighted by Gasteiger charge is -2.08. The van der Waals surface area contributed by atoms with Gasteiger partial charge in [-0.3, -0.25) is 20.2 Å². The summed E-state index contributed by atoms with van der Waals surface area (Å²) >= 11 is 2.70. The van der Waals surface area contributed by atoms with Gasteiger partial charge in [0.1, 0.15) is 0 Å². The molecule has 2 aromatic heterocycles. The summed E-state index contributed by atoms with van der Waals surface area (Å²) in [5.74, 6) is 0.405. The first-order valence-corrected chi connectivity index (χ1v) is 15.8. The quantitative estimate of drug-likeness (QED) is 0.169. The molecular formula is C34H34N4O2S2. The van der Waals surface area contributed by atoms with E-state index in [0.717, 1.165) is 35.4 Å². The monoisotopic (exact) mass is 594 g/mol. The highest BCUT2D eigenvalue weighted by molar-refractivity contribution is 7.14. The number of thiazole rings is 2. The molecule has 0 atom stereocenters. The third-order valence-corrected chi connectivity index (χ3v) is 8.17. The fourth-order valence-electron chi connectivity index (χ4n) is 4.70. The second kappa shape index (κ2) is 13.2. The van der Waals surface area contributed by atoms with Gasteiger partial charge in [0, 0.05) is 21.9 Å². The van der Waals surface area contributed by atoms with Gasteiger partial charge in [-0.05, 0) is 47.9 Å². The van der Waals surface area contributed by atoms with Crippen molar-refractivity contribution in [2.45, 2.75) is 40.5 Å². The molecule has 0 spiro atoms. The lowest BCUT2D eigenvalue weighted by atomic mass is 10.0. The van der Waals surface area contributed by atoms with Crippen molar-refractivity contribution in [3.05, 3.63) is 106 Å². The number of carbonyl (C=O) groups excluding carboxylic acids is 2. The molecule has 5 rings (SSSR count). The van der Waals surface area contributed by atoms with Gasteiger partial charge in [0.15, 0.2) is 10.3 Å². The predicted molar refractivity (Wildman–Crippen MR) is 175 cm³/mol. The van der Waals surface area contributed by atoms with Crippen LogP contribution in [0.2, 0.25) is 0 Å². The fraction of sp³-hybridized carbons (Fsp3) is 0.235. The molecule has 6 nitrogen and oxygen atoms in total. The van der Waals surface area contributed by atoms with Gasteiger partial charge in [0.2, 0.25) is 0 Å². The van der Waals surface area contributed by atoms with E-state index in [1.54, 1.807) is 24.3 Å². The predicted octanol–water partition coefficient (Wildman–Crippen LogP) is 8.84. The molecule has 0 radical (unpaired) electrons. The van der Waals surface area contributed by atoms with Crippen molar-refractivity contribution in [3.63, 3.8) is 0 Å². The van der Waals surface area contributed by atoms with E-state index in [-0.39, 0.29) is 11.1 Å². The number of nitrogens with zero attached hydrogens (tertiary/aromatic N) is 2. The lowest BCUT2D eigenvalue weighted by Crippen LogP contribution is -2.20. The van der Waals surface area contributed by atoms with E-state index in [9.17, 15) is 9.59 Å². The largest absolute Gasteiger partial charge is 0.298 e. The molecule has 0 unspecified atom stereocenters. The molecule has 2 N–H and O–H groups in total. The maximum atomic E-state index is 13.2. The highest BCUT2D eigenvalue weighted by Gasteiger charge is 2.19. The zero-order valence-electron chi connectivity index (χ0n) is 24.2. The van der Waals surface area contributed by atoms with Gasteiger partial charge in [-0.2, -0.15) is 0 Å². The summed E-state index contributed by atoms with van der Waals surface area (Å²) in [4.78, 5) is 35.7. The van der Waals surface area contributed by atoms with Gasteiger partial charge < -0.3 is 0 Å². The first kappa shape index (κ1) is 29.4. The Morgan fingerprint density at radius 1 is 0.619 bits per heavy atom. The van der Waals surface area contributed by atoms with E-state index in [1.165, 1.54) is 33.8 Å². The topological polar surface area (TPSA) is 84.0 Å². The summed E-state index contributed by atoms with van der Waals surface area (Å²) in [5, 5.41) is 10.5. The van der Waals surface area contributed by atoms with Gasteiger partial charge in [-0.25, -0.2) is 9.97 Å². The average molecular weight is 595 g/mol. The van der Waals surface area contributed by atoms with Crippen LogP contribution in [0.5, 0.6) is 0 Å². The maximum absolute atomic E-state index is 13.2. The number of rotatable bonds is 10. The minimum absolute atomic E-state index is 0.266. The molecule has 0 saturated carbocycles. The van der Waals surface area contributed by atoms with Crippen LogP contribution >= 0.6 is 22.7 Å². The molecule has 8 heteroatoms. The molecule has 0 bridgehead atoms. The van der Waals surface area contributed by atoms with Crippen molar-refractivity contribution >= 4 is 44.8 Å². The zero-order valence-corrected chi connectivity index (χ0v) is 25.8. The molecule has 0 aliphatic heterocycles. The van der Waals surface area contributed by atoms with E-state index in [2.05, 4.69) is 96.8 Å². The Hall–Kier alpha value is -4.14. The molecule has 3 aromatic carbocycles. The second-order valence-corrected chi connectivity index (χ2v) is 12.8. The molecule has 2 amide bonds. The summed E-state index contributed by atoms with van der Waals surface area (Å²) < 4.78 is 0. The number of benzene rings is 3. The average Bonchev–Trinajstić information content (AvgIpc) is 3.63. The first-order valence-electron chi connectivity index (χ1n) is 14.1. The minimum Gasteiger partial charge on any atom is -0.298 e. The van der Waals surface area contributed by atoms with Gasteiger partial charge in [-0.15, -0.1) is 22.7 Å². The van der Waals surface area contributed by atoms with E-state index in [0.29, 0.717) is 22.1 Å². The fourth-order valence-corrected chi connectivity index (χ4v) is 6.13. The third kappa shape index (κ3) is 7.38.